The Labute approximate surface area is 181 Å². The molecule has 5 N–H and O–H groups in total. The first-order chi connectivity index (χ1) is 14.4. The molecule has 0 fully saturated rings. The number of primary amides is 1. The van der Waals surface area contributed by atoms with Crippen LogP contribution in [0.25, 0.3) is 0 Å². The SMILES string of the molecule is NC(=O)c1ccc(NC(=O)CCc2csc(NC(=O)Nc3cccc(Cl)c3)n2)cc1. The Kier molecular flexibility index (Phi) is 6.99. The fourth-order valence-corrected chi connectivity index (χ4v) is 3.42. The molecule has 30 heavy (non-hydrogen) atoms. The van der Waals surface area contributed by atoms with Crippen LogP contribution in [-0.2, 0) is 11.2 Å². The number of nitrogens with zero attached hydrogens (tertiary/aromatic N) is 1. The topological polar surface area (TPSA) is 126 Å². The average molecular weight is 444 g/mol. The van der Waals surface area contributed by atoms with Gasteiger partial charge in [0.15, 0.2) is 5.13 Å². The van der Waals surface area contributed by atoms with Crippen molar-refractivity contribution in [2.75, 3.05) is 16.0 Å². The van der Waals surface area contributed by atoms with Crippen LogP contribution in [0.3, 0.4) is 0 Å². The Morgan fingerprint density at radius 2 is 1.77 bits per heavy atom. The van der Waals surface area contributed by atoms with E-state index >= 15 is 0 Å². The first-order valence-corrected chi connectivity index (χ1v) is 10.1. The van der Waals surface area contributed by atoms with E-state index < -0.39 is 11.9 Å². The molecule has 4 amide bonds. The fraction of sp³-hybridized carbons (Fsp3) is 0.100. The van der Waals surface area contributed by atoms with Crippen molar-refractivity contribution in [2.45, 2.75) is 12.8 Å². The third kappa shape index (κ3) is 6.29. The van der Waals surface area contributed by atoms with Crippen LogP contribution in [0.4, 0.5) is 21.3 Å². The maximum absolute atomic E-state index is 12.1. The maximum atomic E-state index is 12.1. The number of hydrogen-bond donors (Lipinski definition) is 4. The van der Waals surface area contributed by atoms with Crippen molar-refractivity contribution in [2.24, 2.45) is 5.73 Å². The molecule has 0 unspecified atom stereocenters. The summed E-state index contributed by atoms with van der Waals surface area (Å²) >= 11 is 7.16. The summed E-state index contributed by atoms with van der Waals surface area (Å²) in [5, 5.41) is 10.8. The molecular weight excluding hydrogens is 426 g/mol. The number of thiazole rings is 1. The summed E-state index contributed by atoms with van der Waals surface area (Å²) in [4.78, 5) is 39.5. The smallest absolute Gasteiger partial charge is 0.325 e. The summed E-state index contributed by atoms with van der Waals surface area (Å²) in [6.45, 7) is 0. The predicted molar refractivity (Wildman–Crippen MR) is 118 cm³/mol. The molecule has 0 aliphatic carbocycles. The first-order valence-electron chi connectivity index (χ1n) is 8.87. The van der Waals surface area contributed by atoms with Gasteiger partial charge in [0.25, 0.3) is 0 Å². The third-order valence-corrected chi connectivity index (χ3v) is 4.96. The van der Waals surface area contributed by atoms with E-state index in [1.165, 1.54) is 11.3 Å². The van der Waals surface area contributed by atoms with Crippen LogP contribution < -0.4 is 21.7 Å². The molecule has 0 atom stereocenters. The van der Waals surface area contributed by atoms with Gasteiger partial charge in [0.1, 0.15) is 0 Å². The van der Waals surface area contributed by atoms with E-state index in [0.717, 1.165) is 0 Å². The lowest BCUT2D eigenvalue weighted by molar-refractivity contribution is -0.116. The van der Waals surface area contributed by atoms with E-state index in [9.17, 15) is 14.4 Å². The van der Waals surface area contributed by atoms with Crippen molar-refractivity contribution in [3.8, 4) is 0 Å². The maximum Gasteiger partial charge on any atom is 0.325 e. The molecule has 0 aliphatic rings. The molecule has 0 saturated carbocycles. The number of halogens is 1. The summed E-state index contributed by atoms with van der Waals surface area (Å²) < 4.78 is 0. The lowest BCUT2D eigenvalue weighted by Crippen LogP contribution is -2.19. The van der Waals surface area contributed by atoms with Crippen molar-refractivity contribution in [3.63, 3.8) is 0 Å². The monoisotopic (exact) mass is 443 g/mol. The summed E-state index contributed by atoms with van der Waals surface area (Å²) in [5.74, 6) is -0.717. The normalized spacial score (nSPS) is 10.3. The molecule has 154 valence electrons. The second kappa shape index (κ2) is 9.86. The van der Waals surface area contributed by atoms with Gasteiger partial charge in [-0.1, -0.05) is 17.7 Å². The van der Waals surface area contributed by atoms with Gasteiger partial charge >= 0.3 is 6.03 Å². The second-order valence-corrected chi connectivity index (χ2v) is 7.52. The van der Waals surface area contributed by atoms with E-state index in [1.807, 2.05) is 0 Å². The molecule has 1 heterocycles. The molecule has 2 aromatic carbocycles. The average Bonchev–Trinajstić information content (AvgIpc) is 3.14. The number of amides is 4. The Morgan fingerprint density at radius 1 is 1.00 bits per heavy atom. The predicted octanol–water partition coefficient (Wildman–Crippen LogP) is 4.11. The highest BCUT2D eigenvalue weighted by Crippen LogP contribution is 2.19. The molecule has 10 heteroatoms. The van der Waals surface area contributed by atoms with E-state index in [1.54, 1.807) is 53.9 Å². The van der Waals surface area contributed by atoms with Gasteiger partial charge in [-0.2, -0.15) is 0 Å². The number of aryl methyl sites for hydroxylation is 1. The summed E-state index contributed by atoms with van der Waals surface area (Å²) in [7, 11) is 0. The number of carbonyl (C=O) groups excluding carboxylic acids is 3. The molecule has 8 nitrogen and oxygen atoms in total. The summed E-state index contributed by atoms with van der Waals surface area (Å²) in [6, 6.07) is 12.7. The lowest BCUT2D eigenvalue weighted by Gasteiger charge is -2.06. The Bertz CT molecular complexity index is 1070. The summed E-state index contributed by atoms with van der Waals surface area (Å²) in [5.41, 5.74) is 7.39. The Hall–Kier alpha value is -3.43. The summed E-state index contributed by atoms with van der Waals surface area (Å²) in [6.07, 6.45) is 0.634. The number of benzene rings is 2. The number of carbonyl (C=O) groups is 3. The minimum atomic E-state index is -0.526. The molecule has 3 aromatic rings. The Balaban J connectivity index is 1.46. The minimum Gasteiger partial charge on any atom is -0.366 e. The molecular formula is C20H18ClN5O3S. The highest BCUT2D eigenvalue weighted by Gasteiger charge is 2.10. The van der Waals surface area contributed by atoms with Gasteiger partial charge in [0, 0.05) is 33.8 Å². The molecule has 1 aromatic heterocycles. The fourth-order valence-electron chi connectivity index (χ4n) is 2.49. The highest BCUT2D eigenvalue weighted by atomic mass is 35.5. The van der Waals surface area contributed by atoms with Crippen LogP contribution >= 0.6 is 22.9 Å². The van der Waals surface area contributed by atoms with E-state index in [2.05, 4.69) is 20.9 Å². The van der Waals surface area contributed by atoms with Gasteiger partial charge in [-0.05, 0) is 48.9 Å². The van der Waals surface area contributed by atoms with E-state index in [4.69, 9.17) is 17.3 Å². The number of nitrogens with one attached hydrogen (secondary N) is 3. The van der Waals surface area contributed by atoms with Gasteiger partial charge < -0.3 is 16.4 Å². The van der Waals surface area contributed by atoms with E-state index in [-0.39, 0.29) is 12.3 Å². The minimum absolute atomic E-state index is 0.192. The molecule has 0 radical (unpaired) electrons. The number of anilines is 3. The number of rotatable bonds is 7. The molecule has 0 bridgehead atoms. The molecule has 0 aliphatic heterocycles. The van der Waals surface area contributed by atoms with Gasteiger partial charge in [-0.3, -0.25) is 14.9 Å². The zero-order valence-electron chi connectivity index (χ0n) is 15.6. The van der Waals surface area contributed by atoms with Crippen LogP contribution in [0.5, 0.6) is 0 Å². The lowest BCUT2D eigenvalue weighted by atomic mass is 10.2. The van der Waals surface area contributed by atoms with Crippen molar-refractivity contribution < 1.29 is 14.4 Å². The van der Waals surface area contributed by atoms with Gasteiger partial charge in [0.2, 0.25) is 11.8 Å². The number of aromatic nitrogens is 1. The standard InChI is InChI=1S/C20H18ClN5O3S/c21-13-2-1-3-15(10-13)24-19(29)26-20-25-16(11-30-20)8-9-17(27)23-14-6-4-12(5-7-14)18(22)28/h1-7,10-11H,8-9H2,(H2,22,28)(H,23,27)(H2,24,25,26,29). The first kappa shape index (κ1) is 21.3. The van der Waals surface area contributed by atoms with Gasteiger partial charge in [0.05, 0.1) is 5.69 Å². The second-order valence-electron chi connectivity index (χ2n) is 6.22. The number of nitrogens with two attached hydrogens (primary N) is 1. The van der Waals surface area contributed by atoms with Crippen molar-refractivity contribution in [3.05, 3.63) is 70.2 Å². The zero-order chi connectivity index (χ0) is 21.5. The van der Waals surface area contributed by atoms with Crippen LogP contribution in [-0.4, -0.2) is 22.8 Å². The van der Waals surface area contributed by atoms with Gasteiger partial charge in [-0.15, -0.1) is 11.3 Å². The van der Waals surface area contributed by atoms with Crippen LogP contribution in [0.15, 0.2) is 53.9 Å². The highest BCUT2D eigenvalue weighted by molar-refractivity contribution is 7.13. The third-order valence-electron chi connectivity index (χ3n) is 3.92. The molecule has 3 rings (SSSR count). The number of hydrogen-bond acceptors (Lipinski definition) is 5. The van der Waals surface area contributed by atoms with Crippen molar-refractivity contribution >= 4 is 57.3 Å². The van der Waals surface area contributed by atoms with Gasteiger partial charge in [-0.25, -0.2) is 9.78 Å². The van der Waals surface area contributed by atoms with Crippen LogP contribution in [0.1, 0.15) is 22.5 Å². The molecule has 0 spiro atoms. The van der Waals surface area contributed by atoms with Crippen molar-refractivity contribution in [1.29, 1.82) is 0 Å². The molecule has 0 saturated heterocycles. The van der Waals surface area contributed by atoms with Crippen LogP contribution in [0, 0.1) is 0 Å². The quantitative estimate of drug-likeness (QED) is 0.438. The largest absolute Gasteiger partial charge is 0.366 e. The number of urea groups is 1. The van der Waals surface area contributed by atoms with Crippen LogP contribution in [0.2, 0.25) is 5.02 Å². The Morgan fingerprint density at radius 3 is 2.47 bits per heavy atom. The van der Waals surface area contributed by atoms with E-state index in [0.29, 0.717) is 39.2 Å². The van der Waals surface area contributed by atoms with Crippen molar-refractivity contribution in [1.82, 2.24) is 4.98 Å². The zero-order valence-corrected chi connectivity index (χ0v) is 17.2.